The minimum absolute atomic E-state index is 0.139. The minimum atomic E-state index is -0.974. The first-order valence-electron chi connectivity index (χ1n) is 10.2. The molecule has 5 nitrogen and oxygen atoms in total. The highest BCUT2D eigenvalue weighted by Gasteiger charge is 2.57. The predicted molar refractivity (Wildman–Crippen MR) is 108 cm³/mol. The van der Waals surface area contributed by atoms with Gasteiger partial charge >= 0.3 is 19.1 Å². The molecule has 2 bridgehead atoms. The molecule has 4 fully saturated rings. The van der Waals surface area contributed by atoms with Gasteiger partial charge in [-0.2, -0.15) is 0 Å². The van der Waals surface area contributed by atoms with Crippen LogP contribution in [0.3, 0.4) is 0 Å². The fourth-order valence-electron chi connectivity index (χ4n) is 5.42. The average Bonchev–Trinajstić information content (AvgIpc) is 2.64. The van der Waals surface area contributed by atoms with Crippen molar-refractivity contribution in [2.24, 2.45) is 23.2 Å². The van der Waals surface area contributed by atoms with Crippen molar-refractivity contribution in [3.8, 4) is 0 Å². The largest absolute Gasteiger partial charge is 0.628 e. The van der Waals surface area contributed by atoms with E-state index in [9.17, 15) is 9.59 Å². The SMILES string of the molecule is C[C@H]1C(N2CC(=O)OB(/C=C/c3ccccc3)OC(=O)C2)CC2C[C@H]1C2(C)C. The lowest BCUT2D eigenvalue weighted by Crippen LogP contribution is -2.62. The Morgan fingerprint density at radius 2 is 1.71 bits per heavy atom. The quantitative estimate of drug-likeness (QED) is 0.753. The van der Waals surface area contributed by atoms with Crippen LogP contribution in [0.25, 0.3) is 6.08 Å². The molecule has 1 saturated heterocycles. The summed E-state index contributed by atoms with van der Waals surface area (Å²) in [4.78, 5) is 26.9. The van der Waals surface area contributed by atoms with Crippen LogP contribution >= 0.6 is 0 Å². The third-order valence-electron chi connectivity index (χ3n) is 7.19. The molecule has 0 aromatic heterocycles. The van der Waals surface area contributed by atoms with Crippen LogP contribution in [-0.2, 0) is 18.9 Å². The molecule has 0 amide bonds. The Kier molecular flexibility index (Phi) is 5.08. The van der Waals surface area contributed by atoms with E-state index < -0.39 is 7.12 Å². The molecule has 1 heterocycles. The molecule has 1 aromatic rings. The third-order valence-corrected chi connectivity index (χ3v) is 7.19. The summed E-state index contributed by atoms with van der Waals surface area (Å²) in [5.74, 6) is 2.69. The van der Waals surface area contributed by atoms with Crippen molar-refractivity contribution in [1.82, 2.24) is 4.90 Å². The Hall–Kier alpha value is -2.08. The minimum Gasteiger partial charge on any atom is -0.495 e. The number of nitrogens with zero attached hydrogens (tertiary/aromatic N) is 1. The molecule has 0 spiro atoms. The van der Waals surface area contributed by atoms with Gasteiger partial charge in [0.15, 0.2) is 0 Å². The maximum Gasteiger partial charge on any atom is 0.628 e. The number of carbonyl (C=O) groups excluding carboxylic acids is 2. The zero-order chi connectivity index (χ0) is 19.9. The van der Waals surface area contributed by atoms with Crippen molar-refractivity contribution in [1.29, 1.82) is 0 Å². The van der Waals surface area contributed by atoms with Gasteiger partial charge in [-0.1, -0.05) is 57.2 Å². The molecular weight excluding hydrogens is 353 g/mol. The van der Waals surface area contributed by atoms with Gasteiger partial charge in [0.05, 0.1) is 13.1 Å². The van der Waals surface area contributed by atoms with Gasteiger partial charge in [0, 0.05) is 6.04 Å². The van der Waals surface area contributed by atoms with Crippen molar-refractivity contribution >= 4 is 25.1 Å². The smallest absolute Gasteiger partial charge is 0.495 e. The molecule has 28 heavy (non-hydrogen) atoms. The molecular formula is C22H28BNO4. The van der Waals surface area contributed by atoms with Crippen LogP contribution in [0.15, 0.2) is 36.3 Å². The van der Waals surface area contributed by atoms with Gasteiger partial charge in [0.2, 0.25) is 0 Å². The van der Waals surface area contributed by atoms with Crippen molar-refractivity contribution in [3.05, 3.63) is 41.9 Å². The molecule has 0 N–H and O–H groups in total. The number of benzene rings is 1. The van der Waals surface area contributed by atoms with Crippen molar-refractivity contribution in [3.63, 3.8) is 0 Å². The molecule has 4 atom stereocenters. The van der Waals surface area contributed by atoms with Crippen LogP contribution in [0.1, 0.15) is 39.2 Å². The van der Waals surface area contributed by atoms with Crippen molar-refractivity contribution < 1.29 is 18.9 Å². The van der Waals surface area contributed by atoms with Crippen LogP contribution in [0.2, 0.25) is 0 Å². The zero-order valence-electron chi connectivity index (χ0n) is 16.8. The van der Waals surface area contributed by atoms with E-state index >= 15 is 0 Å². The van der Waals surface area contributed by atoms with Crippen LogP contribution in [0.5, 0.6) is 0 Å². The Morgan fingerprint density at radius 3 is 2.29 bits per heavy atom. The summed E-state index contributed by atoms with van der Waals surface area (Å²) in [5, 5.41) is 0. The molecule has 5 rings (SSSR count). The van der Waals surface area contributed by atoms with Crippen LogP contribution < -0.4 is 0 Å². The summed E-state index contributed by atoms with van der Waals surface area (Å²) < 4.78 is 10.8. The molecule has 1 aromatic carbocycles. The molecule has 1 aliphatic heterocycles. The maximum atomic E-state index is 12.5. The fourth-order valence-corrected chi connectivity index (χ4v) is 5.42. The van der Waals surface area contributed by atoms with Gasteiger partial charge in [0.25, 0.3) is 0 Å². The third kappa shape index (κ3) is 3.62. The van der Waals surface area contributed by atoms with Crippen molar-refractivity contribution in [2.75, 3.05) is 13.1 Å². The Bertz CT molecular complexity index is 758. The first kappa shape index (κ1) is 19.3. The molecule has 3 aliphatic carbocycles. The number of rotatable bonds is 3. The number of hydrogen-bond donors (Lipinski definition) is 0. The van der Waals surface area contributed by atoms with E-state index in [4.69, 9.17) is 9.31 Å². The van der Waals surface area contributed by atoms with E-state index in [1.54, 1.807) is 12.1 Å². The monoisotopic (exact) mass is 381 g/mol. The van der Waals surface area contributed by atoms with E-state index in [2.05, 4.69) is 20.8 Å². The molecule has 6 heteroatoms. The van der Waals surface area contributed by atoms with Gasteiger partial charge in [-0.25, -0.2) is 0 Å². The van der Waals surface area contributed by atoms with Gasteiger partial charge < -0.3 is 9.31 Å². The summed E-state index contributed by atoms with van der Waals surface area (Å²) in [5.41, 5.74) is 1.32. The summed E-state index contributed by atoms with van der Waals surface area (Å²) in [6.07, 6.45) is 4.09. The lowest BCUT2D eigenvalue weighted by molar-refractivity contribution is -0.160. The van der Waals surface area contributed by atoms with Crippen LogP contribution in [0, 0.1) is 23.2 Å². The highest BCUT2D eigenvalue weighted by atomic mass is 16.6. The summed E-state index contributed by atoms with van der Waals surface area (Å²) in [7, 11) is -0.974. The second-order valence-corrected chi connectivity index (χ2v) is 9.05. The standard InChI is InChI=1S/C22H28BNO4/c1-15-18-11-17(22(18,2)3)12-19(15)24-13-20(25)27-23(28-21(26)14-24)10-9-16-7-5-4-6-8-16/h4-10,15,17-19H,11-14H2,1-3H3/b10-9+/t15-,17?,18-,19?/m1/s1. The summed E-state index contributed by atoms with van der Waals surface area (Å²) in [6, 6.07) is 9.87. The zero-order valence-corrected chi connectivity index (χ0v) is 16.8. The van der Waals surface area contributed by atoms with E-state index in [1.807, 2.05) is 35.2 Å². The average molecular weight is 381 g/mol. The normalized spacial score (nSPS) is 32.9. The lowest BCUT2D eigenvalue weighted by Gasteiger charge is -2.63. The molecule has 4 aliphatic rings. The van der Waals surface area contributed by atoms with Crippen molar-refractivity contribution in [2.45, 2.75) is 39.7 Å². The van der Waals surface area contributed by atoms with Gasteiger partial charge in [-0.3, -0.25) is 14.5 Å². The molecule has 0 radical (unpaired) electrons. The summed E-state index contributed by atoms with van der Waals surface area (Å²) >= 11 is 0. The van der Waals surface area contributed by atoms with Gasteiger partial charge in [0.1, 0.15) is 0 Å². The fraction of sp³-hybridized carbons (Fsp3) is 0.545. The maximum absolute atomic E-state index is 12.5. The van der Waals surface area contributed by atoms with Crippen LogP contribution in [0.4, 0.5) is 0 Å². The lowest BCUT2D eigenvalue weighted by atomic mass is 9.44. The summed E-state index contributed by atoms with van der Waals surface area (Å²) in [6.45, 7) is 7.23. The number of hydrogen-bond acceptors (Lipinski definition) is 5. The Balaban J connectivity index is 1.42. The molecule has 3 saturated carbocycles. The number of carbonyl (C=O) groups is 2. The van der Waals surface area contributed by atoms with E-state index in [1.165, 1.54) is 6.42 Å². The molecule has 148 valence electrons. The Labute approximate surface area is 167 Å². The topological polar surface area (TPSA) is 55.8 Å². The van der Waals surface area contributed by atoms with Crippen LogP contribution in [-0.4, -0.2) is 43.1 Å². The van der Waals surface area contributed by atoms with E-state index in [0.29, 0.717) is 23.2 Å². The van der Waals surface area contributed by atoms with E-state index in [-0.39, 0.29) is 31.1 Å². The molecule has 2 unspecified atom stereocenters. The second kappa shape index (κ2) is 7.39. The highest BCUT2D eigenvalue weighted by molar-refractivity contribution is 6.55. The van der Waals surface area contributed by atoms with Gasteiger partial charge in [-0.15, -0.1) is 0 Å². The first-order chi connectivity index (χ1) is 13.3. The van der Waals surface area contributed by atoms with E-state index in [0.717, 1.165) is 12.0 Å². The number of fused-ring (bicyclic) bond motifs is 2. The van der Waals surface area contributed by atoms with Gasteiger partial charge in [-0.05, 0) is 47.5 Å². The second-order valence-electron chi connectivity index (χ2n) is 9.05. The predicted octanol–water partition coefficient (Wildman–Crippen LogP) is 3.20. The Morgan fingerprint density at radius 1 is 1.07 bits per heavy atom. The highest BCUT2D eigenvalue weighted by Crippen LogP contribution is 2.61. The first-order valence-corrected chi connectivity index (χ1v) is 10.2.